The molecule has 0 aliphatic carbocycles. The first kappa shape index (κ1) is 16.1. The van der Waals surface area contributed by atoms with Gasteiger partial charge in [-0.05, 0) is 30.7 Å². The van der Waals surface area contributed by atoms with Crippen molar-refractivity contribution in [3.05, 3.63) is 59.2 Å². The number of aryl methyl sites for hydroxylation is 1. The average molecular weight is 342 g/mol. The molecule has 6 heteroatoms. The highest BCUT2D eigenvalue weighted by atomic mass is 35.5. The van der Waals surface area contributed by atoms with Gasteiger partial charge in [0.2, 0.25) is 0 Å². The van der Waals surface area contributed by atoms with E-state index in [9.17, 15) is 4.79 Å². The van der Waals surface area contributed by atoms with Gasteiger partial charge in [0.25, 0.3) is 0 Å². The second kappa shape index (κ2) is 6.76. The molecular weight excluding hydrogens is 326 g/mol. The van der Waals surface area contributed by atoms with Crippen LogP contribution in [0.2, 0.25) is 5.02 Å². The maximum absolute atomic E-state index is 12.4. The number of ether oxygens (including phenoxy) is 1. The largest absolute Gasteiger partial charge is 0.495 e. The second-order valence-electron chi connectivity index (χ2n) is 5.26. The first-order valence-electron chi connectivity index (χ1n) is 7.34. The van der Waals surface area contributed by atoms with E-state index >= 15 is 0 Å². The third kappa shape index (κ3) is 3.26. The number of pyridine rings is 1. The van der Waals surface area contributed by atoms with E-state index in [0.717, 1.165) is 16.5 Å². The zero-order valence-corrected chi connectivity index (χ0v) is 14.0. The molecule has 5 nitrogen and oxygen atoms in total. The molecule has 2 aromatic carbocycles. The van der Waals surface area contributed by atoms with Gasteiger partial charge in [0.1, 0.15) is 5.75 Å². The zero-order valence-electron chi connectivity index (χ0n) is 13.3. The highest BCUT2D eigenvalue weighted by Crippen LogP contribution is 2.31. The molecule has 2 amide bonds. The lowest BCUT2D eigenvalue weighted by atomic mass is 10.2. The summed E-state index contributed by atoms with van der Waals surface area (Å²) in [5.41, 5.74) is 2.76. The van der Waals surface area contributed by atoms with Crippen LogP contribution in [0.3, 0.4) is 0 Å². The molecule has 3 rings (SSSR count). The van der Waals surface area contributed by atoms with Crippen molar-refractivity contribution in [3.8, 4) is 5.75 Å². The Morgan fingerprint density at radius 2 is 1.88 bits per heavy atom. The fourth-order valence-electron chi connectivity index (χ4n) is 2.41. The molecule has 122 valence electrons. The summed E-state index contributed by atoms with van der Waals surface area (Å²) in [7, 11) is 1.53. The summed E-state index contributed by atoms with van der Waals surface area (Å²) in [6.45, 7) is 1.86. The molecule has 0 fully saturated rings. The molecule has 1 aromatic heterocycles. The molecule has 0 atom stereocenters. The Balaban J connectivity index is 1.84. The number of methoxy groups -OCH3 is 1. The molecule has 0 bridgehead atoms. The number of aromatic nitrogens is 1. The molecule has 0 spiro atoms. The summed E-state index contributed by atoms with van der Waals surface area (Å²) in [6, 6.07) is 12.5. The highest BCUT2D eigenvalue weighted by Gasteiger charge is 2.11. The third-order valence-corrected chi connectivity index (χ3v) is 4.02. The number of benzene rings is 2. The van der Waals surface area contributed by atoms with Crippen LogP contribution in [0.25, 0.3) is 10.9 Å². The number of para-hydroxylation sites is 1. The Morgan fingerprint density at radius 1 is 1.12 bits per heavy atom. The van der Waals surface area contributed by atoms with Crippen molar-refractivity contribution in [3.63, 3.8) is 0 Å². The SMILES string of the molecule is COc1cc(Cl)c(C)cc1NC(=O)Nc1cccc2cccnc12. The summed E-state index contributed by atoms with van der Waals surface area (Å²) >= 11 is 6.08. The quantitative estimate of drug-likeness (QED) is 0.715. The maximum atomic E-state index is 12.4. The summed E-state index contributed by atoms with van der Waals surface area (Å²) in [6.07, 6.45) is 1.69. The van der Waals surface area contributed by atoms with E-state index < -0.39 is 0 Å². The molecular formula is C18H16ClN3O2. The van der Waals surface area contributed by atoms with Crippen LogP contribution in [0, 0.1) is 6.92 Å². The van der Waals surface area contributed by atoms with Crippen LogP contribution in [0.5, 0.6) is 5.75 Å². The normalized spacial score (nSPS) is 10.5. The number of anilines is 2. The van der Waals surface area contributed by atoms with Gasteiger partial charge in [-0.2, -0.15) is 0 Å². The monoisotopic (exact) mass is 341 g/mol. The number of nitrogens with zero attached hydrogens (tertiary/aromatic N) is 1. The van der Waals surface area contributed by atoms with Crippen LogP contribution in [0.15, 0.2) is 48.7 Å². The number of hydrogen-bond acceptors (Lipinski definition) is 3. The van der Waals surface area contributed by atoms with Gasteiger partial charge in [-0.1, -0.05) is 29.8 Å². The number of rotatable bonds is 3. The van der Waals surface area contributed by atoms with Crippen molar-refractivity contribution < 1.29 is 9.53 Å². The minimum atomic E-state index is -0.381. The maximum Gasteiger partial charge on any atom is 0.323 e. The van der Waals surface area contributed by atoms with Crippen molar-refractivity contribution in [1.29, 1.82) is 0 Å². The minimum absolute atomic E-state index is 0.381. The van der Waals surface area contributed by atoms with Gasteiger partial charge in [-0.3, -0.25) is 4.98 Å². The standard InChI is InChI=1S/C18H16ClN3O2/c1-11-9-15(16(24-2)10-13(11)19)22-18(23)21-14-7-3-5-12-6-4-8-20-17(12)14/h3-10H,1-2H3,(H2,21,22,23). The van der Waals surface area contributed by atoms with Gasteiger partial charge >= 0.3 is 6.03 Å². The number of urea groups is 1. The Kier molecular flexibility index (Phi) is 4.53. The van der Waals surface area contributed by atoms with Crippen molar-refractivity contribution >= 4 is 39.9 Å². The Bertz CT molecular complexity index is 907. The van der Waals surface area contributed by atoms with Crippen LogP contribution in [0.1, 0.15) is 5.56 Å². The molecule has 0 saturated heterocycles. The van der Waals surface area contributed by atoms with E-state index in [2.05, 4.69) is 15.6 Å². The van der Waals surface area contributed by atoms with Crippen LogP contribution < -0.4 is 15.4 Å². The molecule has 0 unspecified atom stereocenters. The minimum Gasteiger partial charge on any atom is -0.495 e. The fraction of sp³-hybridized carbons (Fsp3) is 0.111. The predicted molar refractivity (Wildman–Crippen MR) is 97.1 cm³/mol. The smallest absolute Gasteiger partial charge is 0.323 e. The summed E-state index contributed by atoms with van der Waals surface area (Å²) in [5, 5.41) is 7.13. The van der Waals surface area contributed by atoms with E-state index in [1.54, 1.807) is 24.4 Å². The first-order valence-corrected chi connectivity index (χ1v) is 7.72. The van der Waals surface area contributed by atoms with Crippen LogP contribution in [-0.2, 0) is 0 Å². The lowest BCUT2D eigenvalue weighted by Gasteiger charge is -2.13. The van der Waals surface area contributed by atoms with E-state index in [-0.39, 0.29) is 6.03 Å². The van der Waals surface area contributed by atoms with E-state index in [1.165, 1.54) is 7.11 Å². The second-order valence-corrected chi connectivity index (χ2v) is 5.67. The van der Waals surface area contributed by atoms with E-state index in [1.807, 2.05) is 31.2 Å². The van der Waals surface area contributed by atoms with Crippen LogP contribution in [-0.4, -0.2) is 18.1 Å². The number of carbonyl (C=O) groups excluding carboxylic acids is 1. The van der Waals surface area contributed by atoms with Crippen molar-refractivity contribution in [2.45, 2.75) is 6.92 Å². The number of halogens is 1. The highest BCUT2D eigenvalue weighted by molar-refractivity contribution is 6.31. The third-order valence-electron chi connectivity index (χ3n) is 3.61. The van der Waals surface area contributed by atoms with Gasteiger partial charge in [0.15, 0.2) is 0 Å². The van der Waals surface area contributed by atoms with Gasteiger partial charge in [0.05, 0.1) is 24.0 Å². The van der Waals surface area contributed by atoms with Gasteiger partial charge in [-0.15, -0.1) is 0 Å². The van der Waals surface area contributed by atoms with Crippen molar-refractivity contribution in [2.24, 2.45) is 0 Å². The molecule has 3 aromatic rings. The molecule has 24 heavy (non-hydrogen) atoms. The number of amides is 2. The molecule has 0 radical (unpaired) electrons. The Labute approximate surface area is 144 Å². The van der Waals surface area contributed by atoms with E-state index in [4.69, 9.17) is 16.3 Å². The zero-order chi connectivity index (χ0) is 17.1. The topological polar surface area (TPSA) is 63.2 Å². The van der Waals surface area contributed by atoms with Gasteiger partial charge < -0.3 is 15.4 Å². The fourth-order valence-corrected chi connectivity index (χ4v) is 2.56. The van der Waals surface area contributed by atoms with Crippen LogP contribution in [0.4, 0.5) is 16.2 Å². The Hall–Kier alpha value is -2.79. The summed E-state index contributed by atoms with van der Waals surface area (Å²) in [5.74, 6) is 0.497. The lowest BCUT2D eigenvalue weighted by Crippen LogP contribution is -2.20. The summed E-state index contributed by atoms with van der Waals surface area (Å²) < 4.78 is 5.26. The molecule has 0 aliphatic heterocycles. The lowest BCUT2D eigenvalue weighted by molar-refractivity contribution is 0.262. The van der Waals surface area contributed by atoms with Crippen molar-refractivity contribution in [2.75, 3.05) is 17.7 Å². The number of hydrogen-bond donors (Lipinski definition) is 2. The van der Waals surface area contributed by atoms with Crippen molar-refractivity contribution in [1.82, 2.24) is 4.98 Å². The molecule has 0 saturated carbocycles. The molecule has 2 N–H and O–H groups in total. The number of fused-ring (bicyclic) bond motifs is 1. The van der Waals surface area contributed by atoms with Gasteiger partial charge in [-0.25, -0.2) is 4.79 Å². The predicted octanol–water partition coefficient (Wildman–Crippen LogP) is 4.85. The van der Waals surface area contributed by atoms with Crippen LogP contribution >= 0.6 is 11.6 Å². The Morgan fingerprint density at radius 3 is 2.67 bits per heavy atom. The number of carbonyl (C=O) groups is 1. The first-order chi connectivity index (χ1) is 11.6. The number of nitrogens with one attached hydrogen (secondary N) is 2. The summed E-state index contributed by atoms with van der Waals surface area (Å²) in [4.78, 5) is 16.7. The average Bonchev–Trinajstić information content (AvgIpc) is 2.58. The molecule has 0 aliphatic rings. The van der Waals surface area contributed by atoms with E-state index in [0.29, 0.717) is 22.1 Å². The molecule has 1 heterocycles. The van der Waals surface area contributed by atoms with Gasteiger partial charge in [0, 0.05) is 22.7 Å².